The molecular formula is C13H20N4O2. The first-order valence-corrected chi connectivity index (χ1v) is 6.53. The summed E-state index contributed by atoms with van der Waals surface area (Å²) in [6.45, 7) is 3.73. The minimum Gasteiger partial charge on any atom is -0.393 e. The van der Waals surface area contributed by atoms with Crippen molar-refractivity contribution in [1.29, 1.82) is 0 Å². The van der Waals surface area contributed by atoms with Crippen LogP contribution in [0.5, 0.6) is 0 Å². The van der Waals surface area contributed by atoms with Crippen LogP contribution in [-0.2, 0) is 0 Å². The van der Waals surface area contributed by atoms with Crippen molar-refractivity contribution in [2.45, 2.75) is 25.8 Å². The minimum atomic E-state index is -0.461. The molecule has 0 saturated carbocycles. The summed E-state index contributed by atoms with van der Waals surface area (Å²) in [6.07, 6.45) is 2.15. The number of nitrogen functional groups attached to an aromatic ring is 1. The number of hydrogen-bond acceptors (Lipinski definition) is 5. The first kappa shape index (κ1) is 13.6. The first-order valence-electron chi connectivity index (χ1n) is 6.53. The van der Waals surface area contributed by atoms with E-state index in [0.717, 1.165) is 25.1 Å². The smallest absolute Gasteiger partial charge is 0.292 e. The average molecular weight is 264 g/mol. The lowest BCUT2D eigenvalue weighted by Crippen LogP contribution is -2.46. The van der Waals surface area contributed by atoms with E-state index in [-0.39, 0.29) is 17.4 Å². The van der Waals surface area contributed by atoms with Gasteiger partial charge in [0.05, 0.1) is 4.92 Å². The number of nitro benzene ring substituents is 1. The summed E-state index contributed by atoms with van der Waals surface area (Å²) in [4.78, 5) is 12.5. The fourth-order valence-electron chi connectivity index (χ4n) is 2.70. The van der Waals surface area contributed by atoms with E-state index >= 15 is 0 Å². The molecule has 0 aliphatic carbocycles. The van der Waals surface area contributed by atoms with Crippen LogP contribution in [0, 0.1) is 16.0 Å². The molecule has 104 valence electrons. The summed E-state index contributed by atoms with van der Waals surface area (Å²) < 4.78 is 0. The van der Waals surface area contributed by atoms with Gasteiger partial charge in [0.2, 0.25) is 0 Å². The zero-order valence-electron chi connectivity index (χ0n) is 11.1. The number of hydrogen-bond donors (Lipinski definition) is 2. The van der Waals surface area contributed by atoms with E-state index in [2.05, 4.69) is 11.8 Å². The molecule has 1 aromatic rings. The number of piperidine rings is 1. The third kappa shape index (κ3) is 2.78. The van der Waals surface area contributed by atoms with E-state index < -0.39 is 4.92 Å². The third-order valence-corrected chi connectivity index (χ3v) is 3.79. The van der Waals surface area contributed by atoms with Crippen molar-refractivity contribution in [1.82, 2.24) is 0 Å². The van der Waals surface area contributed by atoms with E-state index in [1.807, 2.05) is 0 Å². The molecule has 19 heavy (non-hydrogen) atoms. The molecule has 0 spiro atoms. The monoisotopic (exact) mass is 264 g/mol. The Hall–Kier alpha value is -1.82. The highest BCUT2D eigenvalue weighted by molar-refractivity contribution is 5.67. The van der Waals surface area contributed by atoms with Gasteiger partial charge in [0.25, 0.3) is 5.69 Å². The molecule has 0 bridgehead atoms. The van der Waals surface area contributed by atoms with Crippen LogP contribution < -0.4 is 16.4 Å². The molecule has 1 heterocycles. The summed E-state index contributed by atoms with van der Waals surface area (Å²) in [5, 5.41) is 10.8. The van der Waals surface area contributed by atoms with Crippen LogP contribution in [0.2, 0.25) is 0 Å². The summed E-state index contributed by atoms with van der Waals surface area (Å²) in [5.74, 6) is 0.667. The van der Waals surface area contributed by atoms with E-state index in [9.17, 15) is 10.1 Å². The SMILES string of the molecule is CC1CCN(c2ccc([N+](=O)[O-])c(N)c2)C(CN)C1. The number of anilines is 2. The molecule has 0 amide bonds. The van der Waals surface area contributed by atoms with E-state index in [4.69, 9.17) is 11.5 Å². The second kappa shape index (κ2) is 5.44. The molecule has 1 aromatic carbocycles. The zero-order chi connectivity index (χ0) is 14.0. The predicted octanol–water partition coefficient (Wildman–Crippen LogP) is 1.74. The van der Waals surface area contributed by atoms with E-state index in [1.165, 1.54) is 6.07 Å². The molecule has 1 fully saturated rings. The van der Waals surface area contributed by atoms with Gasteiger partial charge in [-0.3, -0.25) is 10.1 Å². The zero-order valence-corrected chi connectivity index (χ0v) is 11.1. The summed E-state index contributed by atoms with van der Waals surface area (Å²) in [6, 6.07) is 5.19. The third-order valence-electron chi connectivity index (χ3n) is 3.79. The van der Waals surface area contributed by atoms with Gasteiger partial charge in [-0.25, -0.2) is 0 Å². The van der Waals surface area contributed by atoms with Crippen LogP contribution in [0.25, 0.3) is 0 Å². The normalized spacial score (nSPS) is 23.4. The van der Waals surface area contributed by atoms with Crippen LogP contribution >= 0.6 is 0 Å². The Bertz CT molecular complexity index is 478. The molecule has 1 aliphatic heterocycles. The number of nitrogens with two attached hydrogens (primary N) is 2. The Morgan fingerprint density at radius 1 is 1.53 bits per heavy atom. The molecule has 2 unspecified atom stereocenters. The molecule has 2 atom stereocenters. The van der Waals surface area contributed by atoms with Crippen molar-refractivity contribution in [3.8, 4) is 0 Å². The Morgan fingerprint density at radius 3 is 2.84 bits per heavy atom. The fraction of sp³-hybridized carbons (Fsp3) is 0.538. The summed E-state index contributed by atoms with van der Waals surface area (Å²) in [5.41, 5.74) is 12.7. The molecule has 1 aliphatic rings. The maximum absolute atomic E-state index is 10.8. The maximum Gasteiger partial charge on any atom is 0.292 e. The van der Waals surface area contributed by atoms with Gasteiger partial charge < -0.3 is 16.4 Å². The molecule has 2 rings (SSSR count). The van der Waals surface area contributed by atoms with Gasteiger partial charge in [-0.2, -0.15) is 0 Å². The summed E-state index contributed by atoms with van der Waals surface area (Å²) in [7, 11) is 0. The van der Waals surface area contributed by atoms with Crippen LogP contribution in [0.1, 0.15) is 19.8 Å². The van der Waals surface area contributed by atoms with Gasteiger partial charge >= 0.3 is 0 Å². The Labute approximate surface area is 112 Å². The molecule has 0 radical (unpaired) electrons. The Kier molecular flexibility index (Phi) is 3.90. The Balaban J connectivity index is 2.26. The molecule has 6 nitrogen and oxygen atoms in total. The lowest BCUT2D eigenvalue weighted by Gasteiger charge is -2.39. The van der Waals surface area contributed by atoms with Crippen molar-refractivity contribution in [3.63, 3.8) is 0 Å². The highest BCUT2D eigenvalue weighted by atomic mass is 16.6. The van der Waals surface area contributed by atoms with Crippen molar-refractivity contribution >= 4 is 17.1 Å². The van der Waals surface area contributed by atoms with Crippen molar-refractivity contribution in [2.24, 2.45) is 11.7 Å². The molecular weight excluding hydrogens is 244 g/mol. The van der Waals surface area contributed by atoms with Crippen LogP contribution in [0.4, 0.5) is 17.1 Å². The molecule has 6 heteroatoms. The maximum atomic E-state index is 10.8. The average Bonchev–Trinajstić information content (AvgIpc) is 2.37. The first-order chi connectivity index (χ1) is 9.02. The second-order valence-electron chi connectivity index (χ2n) is 5.21. The number of nitro groups is 1. The molecule has 4 N–H and O–H groups in total. The molecule has 0 aromatic heterocycles. The fourth-order valence-corrected chi connectivity index (χ4v) is 2.70. The van der Waals surface area contributed by atoms with Gasteiger partial charge in [-0.05, 0) is 30.9 Å². The van der Waals surface area contributed by atoms with Crippen LogP contribution in [0.15, 0.2) is 18.2 Å². The largest absolute Gasteiger partial charge is 0.393 e. The lowest BCUT2D eigenvalue weighted by atomic mass is 9.92. The topological polar surface area (TPSA) is 98.4 Å². The van der Waals surface area contributed by atoms with Crippen LogP contribution in [-0.4, -0.2) is 24.1 Å². The van der Waals surface area contributed by atoms with Gasteiger partial charge in [0, 0.05) is 30.9 Å². The van der Waals surface area contributed by atoms with Crippen molar-refractivity contribution in [2.75, 3.05) is 23.7 Å². The van der Waals surface area contributed by atoms with Crippen LogP contribution in [0.3, 0.4) is 0 Å². The second-order valence-corrected chi connectivity index (χ2v) is 5.21. The summed E-state index contributed by atoms with van der Waals surface area (Å²) >= 11 is 0. The van der Waals surface area contributed by atoms with Crippen molar-refractivity contribution < 1.29 is 4.92 Å². The van der Waals surface area contributed by atoms with Gasteiger partial charge in [0.15, 0.2) is 0 Å². The predicted molar refractivity (Wildman–Crippen MR) is 76.1 cm³/mol. The standard InChI is InChI=1S/C13H20N4O2/c1-9-4-5-16(11(6-9)8-14)10-2-3-13(17(18)19)12(15)7-10/h2-3,7,9,11H,4-6,8,14-15H2,1H3. The van der Waals surface area contributed by atoms with E-state index in [1.54, 1.807) is 12.1 Å². The van der Waals surface area contributed by atoms with E-state index in [0.29, 0.717) is 12.5 Å². The Morgan fingerprint density at radius 2 is 2.26 bits per heavy atom. The highest BCUT2D eigenvalue weighted by Gasteiger charge is 2.26. The highest BCUT2D eigenvalue weighted by Crippen LogP contribution is 2.31. The van der Waals surface area contributed by atoms with Gasteiger partial charge in [-0.1, -0.05) is 6.92 Å². The van der Waals surface area contributed by atoms with Gasteiger partial charge in [-0.15, -0.1) is 0 Å². The number of benzene rings is 1. The number of rotatable bonds is 3. The van der Waals surface area contributed by atoms with Gasteiger partial charge in [0.1, 0.15) is 5.69 Å². The quantitative estimate of drug-likeness (QED) is 0.492. The number of nitrogens with zero attached hydrogens (tertiary/aromatic N) is 2. The molecule has 1 saturated heterocycles. The lowest BCUT2D eigenvalue weighted by molar-refractivity contribution is -0.383. The van der Waals surface area contributed by atoms with Crippen molar-refractivity contribution in [3.05, 3.63) is 28.3 Å². The minimum absolute atomic E-state index is 0.0431.